The zero-order valence-electron chi connectivity index (χ0n) is 33.7. The Kier molecular flexibility index (Phi) is 2.12. The average Bonchev–Trinajstić information content (AvgIpc) is 3.34. The van der Waals surface area contributed by atoms with Crippen LogP contribution in [0.1, 0.15) is 11.1 Å². The maximum atomic E-state index is 2.51. The molecule has 0 amide bonds. The highest BCUT2D eigenvalue weighted by atomic mass is 15.3. The predicted octanol–water partition coefficient (Wildman–Crippen LogP) is 7.56. The zero-order valence-corrected chi connectivity index (χ0v) is 33.7. The first-order valence-corrected chi connectivity index (χ1v) is 28.0. The molecule has 38 rings (SSSR count). The number of benzene rings is 2. The summed E-state index contributed by atoms with van der Waals surface area (Å²) < 4.78 is 0. The lowest BCUT2D eigenvalue weighted by Crippen LogP contribution is -3.24. The lowest BCUT2D eigenvalue weighted by Gasteiger charge is -3.26. The molecule has 2 aromatic carbocycles. The molecule has 0 heteroatoms. The quantitative estimate of drug-likeness (QED) is 0.285. The van der Waals surface area contributed by atoms with E-state index in [1.807, 2.05) is 0 Å². The summed E-state index contributed by atoms with van der Waals surface area (Å²) in [6, 6.07) is 23.8. The van der Waals surface area contributed by atoms with Crippen molar-refractivity contribution in [1.82, 2.24) is 0 Å². The second-order valence-corrected chi connectivity index (χ2v) is 32.5. The molecule has 0 saturated heterocycles. The number of rotatable bonds is 6. The van der Waals surface area contributed by atoms with Crippen LogP contribution in [-0.2, 0) is 10.8 Å². The summed E-state index contributed by atoms with van der Waals surface area (Å²) in [5.41, 5.74) is 13.4. The Morgan fingerprint density at radius 3 is 0.583 bits per heavy atom. The third-order valence-electron chi connectivity index (χ3n) is 39.0. The minimum atomic E-state index is 0.748. The summed E-state index contributed by atoms with van der Waals surface area (Å²) in [4.78, 5) is 0. The summed E-state index contributed by atoms with van der Waals surface area (Å²) in [6.07, 6.45) is 0. The molecule has 36 aliphatic rings. The van der Waals surface area contributed by atoms with Crippen LogP contribution in [0.2, 0.25) is 0 Å². The van der Waals surface area contributed by atoms with Crippen molar-refractivity contribution in [2.45, 2.75) is 10.8 Å². The van der Waals surface area contributed by atoms with Gasteiger partial charge >= 0.3 is 0 Å². The maximum Gasteiger partial charge on any atom is 0.00554 e. The van der Waals surface area contributed by atoms with E-state index in [0.29, 0.717) is 0 Å². The van der Waals surface area contributed by atoms with Crippen molar-refractivity contribution in [2.24, 2.45) is 268 Å². The molecule has 60 heavy (non-hydrogen) atoms. The van der Waals surface area contributed by atoms with Gasteiger partial charge in [-0.1, -0.05) is 60.7 Å². The molecule has 0 atom stereocenters. The van der Waals surface area contributed by atoms with Crippen LogP contribution in [0.5, 0.6) is 0 Å². The zero-order chi connectivity index (χ0) is 35.2. The van der Waals surface area contributed by atoms with Crippen LogP contribution in [0.25, 0.3) is 0 Å². The molecule has 36 fully saturated rings. The van der Waals surface area contributed by atoms with E-state index in [4.69, 9.17) is 0 Å². The van der Waals surface area contributed by atoms with E-state index in [-0.39, 0.29) is 0 Å². The van der Waals surface area contributed by atoms with E-state index in [1.165, 1.54) is 225 Å². The molecule has 36 saturated carbocycles. The fourth-order valence-corrected chi connectivity index (χ4v) is 42.5. The third-order valence-corrected chi connectivity index (χ3v) is 39.0. The van der Waals surface area contributed by atoms with Gasteiger partial charge in [-0.25, -0.2) is 0 Å². The number of hydrogen-bond donors (Lipinski definition) is 0. The number of hydrogen-bond acceptors (Lipinski definition) is 0. The molecule has 0 bridgehead atoms. The maximum absolute atomic E-state index is 2.51. The van der Waals surface area contributed by atoms with Crippen molar-refractivity contribution in [2.75, 3.05) is 0 Å². The van der Waals surface area contributed by atoms with Gasteiger partial charge in [-0.2, -0.15) is 0 Å². The Morgan fingerprint density at radius 2 is 0.367 bits per heavy atom. The molecule has 0 nitrogen and oxygen atoms in total. The molecule has 2 aromatic rings. The lowest BCUT2D eigenvalue weighted by molar-refractivity contribution is -0.802. The van der Waals surface area contributed by atoms with E-state index in [9.17, 15) is 0 Å². The minimum Gasteiger partial charge on any atom is -0.0622 e. The van der Waals surface area contributed by atoms with Crippen LogP contribution in [0, 0.1) is 268 Å². The molecule has 0 spiro atoms. The van der Waals surface area contributed by atoms with Crippen LogP contribution in [0.3, 0.4) is 0 Å². The van der Waals surface area contributed by atoms with Gasteiger partial charge in [0.15, 0.2) is 0 Å². The Hall–Kier alpha value is -1.56. The first kappa shape index (κ1) is 24.7. The van der Waals surface area contributed by atoms with Gasteiger partial charge in [-0.15, -0.1) is 0 Å². The highest BCUT2D eigenvalue weighted by Crippen LogP contribution is 3.28. The van der Waals surface area contributed by atoms with Gasteiger partial charge in [0, 0.05) is 10.8 Å². The topological polar surface area (TPSA) is 0 Å². The minimum absolute atomic E-state index is 0.748. The molecule has 288 valence electrons. The second kappa shape index (κ2) is 5.15. The Labute approximate surface area is 349 Å². The molecule has 0 aromatic heterocycles. The Morgan fingerprint density at radius 1 is 0.183 bits per heavy atom. The highest BCUT2D eigenvalue weighted by Gasteiger charge is 3.26. The van der Waals surface area contributed by atoms with E-state index < -0.39 is 0 Å². The Bertz CT molecular complexity index is 2650. The summed E-state index contributed by atoms with van der Waals surface area (Å²) in [5.74, 6) is 49.3. The SMILES string of the molecule is c1ccc(C23C4C5C2C2C3C4C52C23C4C5C2C2C3C4C52C23C4C5C6C4C2C6C53)cc1.c1ccc(C23C4C5C2C2C3C4C52C23C4C5C2C2C3C4C52C23C4C5C6C4C2C6C53)cc1. The fraction of sp³-hybridized carbons (Fsp3) is 0.800. The van der Waals surface area contributed by atoms with Crippen LogP contribution in [-0.4, -0.2) is 0 Å². The van der Waals surface area contributed by atoms with Gasteiger partial charge in [-0.05, 0) is 279 Å². The van der Waals surface area contributed by atoms with Crippen molar-refractivity contribution in [3.63, 3.8) is 0 Å². The molecule has 0 aliphatic heterocycles. The van der Waals surface area contributed by atoms with Gasteiger partial charge in [0.1, 0.15) is 0 Å². The smallest absolute Gasteiger partial charge is 0.00554 e. The lowest BCUT2D eigenvalue weighted by atomic mass is 8.77. The van der Waals surface area contributed by atoms with E-state index >= 15 is 0 Å². The van der Waals surface area contributed by atoms with Gasteiger partial charge in [0.25, 0.3) is 0 Å². The van der Waals surface area contributed by atoms with Crippen molar-refractivity contribution in [3.05, 3.63) is 71.8 Å². The van der Waals surface area contributed by atoms with E-state index in [0.717, 1.165) is 54.1 Å². The van der Waals surface area contributed by atoms with Crippen LogP contribution in [0.4, 0.5) is 0 Å². The average molecular weight is 769 g/mol. The molecule has 0 heterocycles. The molecular formula is C60H48. The van der Waals surface area contributed by atoms with Crippen molar-refractivity contribution in [1.29, 1.82) is 0 Å². The van der Waals surface area contributed by atoms with Crippen molar-refractivity contribution < 1.29 is 0 Å². The van der Waals surface area contributed by atoms with Crippen molar-refractivity contribution in [3.8, 4) is 0 Å². The van der Waals surface area contributed by atoms with Gasteiger partial charge < -0.3 is 0 Å². The van der Waals surface area contributed by atoms with Crippen molar-refractivity contribution >= 4 is 0 Å². The largest absolute Gasteiger partial charge is 0.0622 e. The Balaban J connectivity index is 0.0000000844. The molecule has 36 aliphatic carbocycles. The predicted molar refractivity (Wildman–Crippen MR) is 208 cm³/mol. The standard InChI is InChI=1S/2C30H24/c2*1-2-4-6(5-3-1)26-14-17-15(26)19-16(26)18(14)28(17,19)30-23-20-24(30)22-25(30)21(23)29(20,22)27-11-8-7-9(11)13(27)10(7)12(8)27/h2*1-5,7-25H. The molecule has 0 unspecified atom stereocenters. The van der Waals surface area contributed by atoms with E-state index in [1.54, 1.807) is 11.1 Å². The molecule has 0 radical (unpaired) electrons. The normalized spacial score (nSPS) is 102. The second-order valence-electron chi connectivity index (χ2n) is 32.5. The first-order chi connectivity index (χ1) is 29.9. The fourth-order valence-electron chi connectivity index (χ4n) is 42.5. The highest BCUT2D eigenvalue weighted by molar-refractivity contribution is 5.74. The van der Waals surface area contributed by atoms with Gasteiger partial charge in [-0.3, -0.25) is 0 Å². The van der Waals surface area contributed by atoms with Crippen LogP contribution >= 0.6 is 0 Å². The first-order valence-electron chi connectivity index (χ1n) is 28.0. The summed E-state index contributed by atoms with van der Waals surface area (Å²) in [5, 5.41) is 0. The molecular weight excluding hydrogens is 721 g/mol. The summed E-state index contributed by atoms with van der Waals surface area (Å²) >= 11 is 0. The van der Waals surface area contributed by atoms with Gasteiger partial charge in [0.05, 0.1) is 0 Å². The monoisotopic (exact) mass is 768 g/mol. The van der Waals surface area contributed by atoms with Crippen LogP contribution < -0.4 is 0 Å². The third kappa shape index (κ3) is 1.03. The summed E-state index contributed by atoms with van der Waals surface area (Å²) in [7, 11) is 0. The van der Waals surface area contributed by atoms with Gasteiger partial charge in [0.2, 0.25) is 0 Å². The molecule has 0 N–H and O–H groups in total. The summed E-state index contributed by atoms with van der Waals surface area (Å²) in [6.45, 7) is 0. The van der Waals surface area contributed by atoms with Crippen LogP contribution in [0.15, 0.2) is 60.7 Å². The van der Waals surface area contributed by atoms with E-state index in [2.05, 4.69) is 60.7 Å².